The predicted octanol–water partition coefficient (Wildman–Crippen LogP) is 4.46. The Labute approximate surface area is 208 Å². The van der Waals surface area contributed by atoms with Crippen molar-refractivity contribution < 1.29 is 13.2 Å². The number of anilines is 2. The van der Waals surface area contributed by atoms with E-state index in [4.69, 9.17) is 0 Å². The molecule has 3 aromatic carbocycles. The van der Waals surface area contributed by atoms with Gasteiger partial charge in [-0.05, 0) is 74.2 Å². The summed E-state index contributed by atoms with van der Waals surface area (Å²) in [6.45, 7) is 10.4. The van der Waals surface area contributed by atoms with Crippen molar-refractivity contribution in [3.05, 3.63) is 89.0 Å². The number of benzene rings is 3. The highest BCUT2D eigenvalue weighted by atomic mass is 32.2. The molecule has 0 spiro atoms. The van der Waals surface area contributed by atoms with Crippen LogP contribution in [0.3, 0.4) is 0 Å². The molecule has 0 bridgehead atoms. The topological polar surface area (TPSA) is 60.9 Å². The quantitative estimate of drug-likeness (QED) is 0.511. The lowest BCUT2D eigenvalue weighted by Gasteiger charge is -2.38. The van der Waals surface area contributed by atoms with Crippen LogP contribution in [0.4, 0.5) is 11.4 Å². The van der Waals surface area contributed by atoms with Crippen molar-refractivity contribution in [1.29, 1.82) is 0 Å². The van der Waals surface area contributed by atoms with Crippen LogP contribution in [0.25, 0.3) is 0 Å². The maximum absolute atomic E-state index is 13.7. The lowest BCUT2D eigenvalue weighted by molar-refractivity contribution is -0.129. The fourth-order valence-corrected chi connectivity index (χ4v) is 6.02. The van der Waals surface area contributed by atoms with E-state index in [1.165, 1.54) is 21.1 Å². The van der Waals surface area contributed by atoms with Gasteiger partial charge in [0.15, 0.2) is 0 Å². The van der Waals surface area contributed by atoms with Crippen LogP contribution < -0.4 is 9.21 Å². The molecule has 1 heterocycles. The molecule has 7 heteroatoms. The zero-order valence-electron chi connectivity index (χ0n) is 20.9. The van der Waals surface area contributed by atoms with Crippen LogP contribution in [0.1, 0.15) is 22.3 Å². The molecule has 0 saturated carbocycles. The van der Waals surface area contributed by atoms with Crippen molar-refractivity contribution in [3.63, 3.8) is 0 Å². The normalized spacial score (nSPS) is 14.2. The Bertz CT molecular complexity index is 1310. The second-order valence-corrected chi connectivity index (χ2v) is 11.0. The Morgan fingerprint density at radius 3 is 2.03 bits per heavy atom. The molecule has 3 aromatic rings. The molecule has 0 atom stereocenters. The Balaban J connectivity index is 1.57. The first-order valence-corrected chi connectivity index (χ1v) is 13.4. The van der Waals surface area contributed by atoms with E-state index in [2.05, 4.69) is 36.9 Å². The summed E-state index contributed by atoms with van der Waals surface area (Å²) in [4.78, 5) is 17.7. The van der Waals surface area contributed by atoms with Gasteiger partial charge in [-0.25, -0.2) is 8.42 Å². The fourth-order valence-electron chi connectivity index (χ4n) is 4.52. The molecule has 1 amide bonds. The van der Waals surface area contributed by atoms with Crippen molar-refractivity contribution in [2.75, 3.05) is 41.9 Å². The van der Waals surface area contributed by atoms with Crippen LogP contribution in [0.5, 0.6) is 0 Å². The van der Waals surface area contributed by atoms with Crippen molar-refractivity contribution in [2.45, 2.75) is 32.6 Å². The van der Waals surface area contributed by atoms with Gasteiger partial charge in [0.2, 0.25) is 5.91 Å². The van der Waals surface area contributed by atoms with E-state index in [0.29, 0.717) is 31.9 Å². The SMILES string of the molecule is Cc1cccc(N2CCN(C(=O)CN(c3cccc(C)c3C)S(=O)(=O)c3ccccc3)CC2)c1C. The summed E-state index contributed by atoms with van der Waals surface area (Å²) in [6, 6.07) is 20.1. The minimum Gasteiger partial charge on any atom is -0.368 e. The molecular weight excluding hydrogens is 458 g/mol. The van der Waals surface area contributed by atoms with Crippen LogP contribution in [-0.4, -0.2) is 51.9 Å². The lowest BCUT2D eigenvalue weighted by Crippen LogP contribution is -2.52. The minimum absolute atomic E-state index is 0.174. The van der Waals surface area contributed by atoms with Crippen LogP contribution in [0.2, 0.25) is 0 Å². The number of sulfonamides is 1. The van der Waals surface area contributed by atoms with E-state index in [1.54, 1.807) is 41.3 Å². The van der Waals surface area contributed by atoms with Crippen LogP contribution in [0, 0.1) is 27.7 Å². The van der Waals surface area contributed by atoms with Gasteiger partial charge >= 0.3 is 0 Å². The molecule has 1 aliphatic heterocycles. The highest BCUT2D eigenvalue weighted by molar-refractivity contribution is 7.92. The first kappa shape index (κ1) is 24.8. The number of carbonyl (C=O) groups excluding carboxylic acids is 1. The first-order chi connectivity index (χ1) is 16.7. The molecule has 35 heavy (non-hydrogen) atoms. The third kappa shape index (κ3) is 5.05. The van der Waals surface area contributed by atoms with Gasteiger partial charge in [0.1, 0.15) is 6.54 Å². The number of piperazine rings is 1. The largest absolute Gasteiger partial charge is 0.368 e. The number of rotatable bonds is 6. The van der Waals surface area contributed by atoms with Crippen LogP contribution in [-0.2, 0) is 14.8 Å². The molecule has 184 valence electrons. The van der Waals surface area contributed by atoms with Crippen molar-refractivity contribution in [1.82, 2.24) is 4.90 Å². The standard InChI is InChI=1S/C28H33N3O3S/c1-21-10-8-14-26(23(21)3)29-16-18-30(19-17-29)28(32)20-31(27-15-9-11-22(2)24(27)4)35(33,34)25-12-6-5-7-13-25/h5-15H,16-20H2,1-4H3. The van der Waals surface area contributed by atoms with E-state index in [1.807, 2.05) is 26.0 Å². The Kier molecular flexibility index (Phi) is 7.17. The highest BCUT2D eigenvalue weighted by Crippen LogP contribution is 2.29. The van der Waals surface area contributed by atoms with E-state index < -0.39 is 10.0 Å². The van der Waals surface area contributed by atoms with Gasteiger partial charge in [-0.2, -0.15) is 0 Å². The Morgan fingerprint density at radius 1 is 0.771 bits per heavy atom. The molecule has 4 rings (SSSR count). The number of nitrogens with zero attached hydrogens (tertiary/aromatic N) is 3. The second-order valence-electron chi connectivity index (χ2n) is 9.13. The smallest absolute Gasteiger partial charge is 0.264 e. The molecular formula is C28H33N3O3S. The van der Waals surface area contributed by atoms with Crippen molar-refractivity contribution >= 4 is 27.3 Å². The molecule has 1 saturated heterocycles. The summed E-state index contributed by atoms with van der Waals surface area (Å²) in [5.74, 6) is -0.189. The zero-order chi connectivity index (χ0) is 25.2. The van der Waals surface area contributed by atoms with Gasteiger partial charge in [-0.3, -0.25) is 9.10 Å². The molecule has 0 radical (unpaired) electrons. The average molecular weight is 492 g/mol. The average Bonchev–Trinajstić information content (AvgIpc) is 2.86. The highest BCUT2D eigenvalue weighted by Gasteiger charge is 2.31. The maximum Gasteiger partial charge on any atom is 0.264 e. The number of hydrogen-bond acceptors (Lipinski definition) is 4. The molecule has 0 aromatic heterocycles. The molecule has 6 nitrogen and oxygen atoms in total. The van der Waals surface area contributed by atoms with Gasteiger partial charge in [0.05, 0.1) is 10.6 Å². The van der Waals surface area contributed by atoms with E-state index in [-0.39, 0.29) is 17.3 Å². The Morgan fingerprint density at radius 2 is 1.37 bits per heavy atom. The number of amides is 1. The second kappa shape index (κ2) is 10.1. The molecule has 1 fully saturated rings. The summed E-state index contributed by atoms with van der Waals surface area (Å²) in [7, 11) is -3.92. The number of hydrogen-bond donors (Lipinski definition) is 0. The van der Waals surface area contributed by atoms with Crippen LogP contribution in [0.15, 0.2) is 71.6 Å². The van der Waals surface area contributed by atoms with E-state index in [9.17, 15) is 13.2 Å². The lowest BCUT2D eigenvalue weighted by atomic mass is 10.1. The summed E-state index contributed by atoms with van der Waals surface area (Å²) >= 11 is 0. The molecule has 0 N–H and O–H groups in total. The molecule has 0 unspecified atom stereocenters. The summed E-state index contributed by atoms with van der Waals surface area (Å²) in [6.07, 6.45) is 0. The van der Waals surface area contributed by atoms with Gasteiger partial charge in [0.25, 0.3) is 10.0 Å². The molecule has 0 aliphatic carbocycles. The zero-order valence-corrected chi connectivity index (χ0v) is 21.7. The van der Waals surface area contributed by atoms with Gasteiger partial charge in [-0.1, -0.05) is 42.5 Å². The summed E-state index contributed by atoms with van der Waals surface area (Å²) < 4.78 is 28.6. The van der Waals surface area contributed by atoms with Crippen molar-refractivity contribution in [3.8, 4) is 0 Å². The van der Waals surface area contributed by atoms with Gasteiger partial charge in [0, 0.05) is 31.9 Å². The Hall–Kier alpha value is -3.32. The third-order valence-corrected chi connectivity index (χ3v) is 8.78. The predicted molar refractivity (Wildman–Crippen MR) is 142 cm³/mol. The minimum atomic E-state index is -3.92. The fraction of sp³-hybridized carbons (Fsp3) is 0.321. The monoisotopic (exact) mass is 491 g/mol. The third-order valence-electron chi connectivity index (χ3n) is 7.00. The molecule has 1 aliphatic rings. The maximum atomic E-state index is 13.7. The summed E-state index contributed by atoms with van der Waals surface area (Å²) in [5, 5.41) is 0. The number of aryl methyl sites for hydroxylation is 2. The van der Waals surface area contributed by atoms with Crippen molar-refractivity contribution in [2.24, 2.45) is 0 Å². The van der Waals surface area contributed by atoms with E-state index in [0.717, 1.165) is 11.1 Å². The summed E-state index contributed by atoms with van der Waals surface area (Å²) in [5.41, 5.74) is 6.06. The van der Waals surface area contributed by atoms with Crippen LogP contribution >= 0.6 is 0 Å². The number of carbonyl (C=O) groups is 1. The first-order valence-electron chi connectivity index (χ1n) is 11.9. The van der Waals surface area contributed by atoms with Gasteiger partial charge < -0.3 is 9.80 Å². The van der Waals surface area contributed by atoms with E-state index >= 15 is 0 Å². The van der Waals surface area contributed by atoms with Gasteiger partial charge in [-0.15, -0.1) is 0 Å².